The third kappa shape index (κ3) is 3.16. The van der Waals surface area contributed by atoms with Crippen LogP contribution in [0.1, 0.15) is 31.4 Å². The van der Waals surface area contributed by atoms with Crippen molar-refractivity contribution < 1.29 is 14.3 Å². The van der Waals surface area contributed by atoms with Crippen LogP contribution in [-0.2, 0) is 11.2 Å². The van der Waals surface area contributed by atoms with Gasteiger partial charge in [-0.2, -0.15) is 0 Å². The molecular formula is C12H14ClFN2O2. The molecule has 1 fully saturated rings. The SMILES string of the molecule is O=C(O)[C@@H]1CCC[C@H](Cc2nc(Cl)ncc2F)C1. The first-order chi connectivity index (χ1) is 8.56. The number of hydrogen-bond donors (Lipinski definition) is 1. The van der Waals surface area contributed by atoms with E-state index >= 15 is 0 Å². The molecule has 0 amide bonds. The largest absolute Gasteiger partial charge is 0.481 e. The molecule has 0 saturated heterocycles. The molecule has 4 nitrogen and oxygen atoms in total. The van der Waals surface area contributed by atoms with E-state index in [1.165, 1.54) is 0 Å². The Balaban J connectivity index is 2.04. The van der Waals surface area contributed by atoms with Gasteiger partial charge < -0.3 is 5.11 Å². The average molecular weight is 273 g/mol. The molecule has 2 atom stereocenters. The number of carboxylic acid groups (broad SMARTS) is 1. The highest BCUT2D eigenvalue weighted by Gasteiger charge is 2.27. The maximum atomic E-state index is 13.5. The molecule has 0 aromatic carbocycles. The molecule has 0 radical (unpaired) electrons. The van der Waals surface area contributed by atoms with Gasteiger partial charge in [0.25, 0.3) is 0 Å². The molecule has 0 bridgehead atoms. The first-order valence-corrected chi connectivity index (χ1v) is 6.33. The number of halogens is 2. The molecule has 0 unspecified atom stereocenters. The molecule has 1 heterocycles. The van der Waals surface area contributed by atoms with E-state index in [-0.39, 0.29) is 22.8 Å². The van der Waals surface area contributed by atoms with Crippen LogP contribution in [0.3, 0.4) is 0 Å². The van der Waals surface area contributed by atoms with Crippen molar-refractivity contribution in [2.24, 2.45) is 11.8 Å². The van der Waals surface area contributed by atoms with Gasteiger partial charge in [-0.25, -0.2) is 14.4 Å². The second-order valence-electron chi connectivity index (χ2n) is 4.71. The van der Waals surface area contributed by atoms with E-state index < -0.39 is 11.8 Å². The topological polar surface area (TPSA) is 63.1 Å². The van der Waals surface area contributed by atoms with E-state index in [9.17, 15) is 9.18 Å². The predicted molar refractivity (Wildman–Crippen MR) is 63.8 cm³/mol. The first kappa shape index (κ1) is 13.2. The van der Waals surface area contributed by atoms with Gasteiger partial charge >= 0.3 is 5.97 Å². The van der Waals surface area contributed by atoms with Gasteiger partial charge in [0, 0.05) is 0 Å². The lowest BCUT2D eigenvalue weighted by atomic mass is 9.79. The van der Waals surface area contributed by atoms with Gasteiger partial charge in [-0.15, -0.1) is 0 Å². The highest BCUT2D eigenvalue weighted by atomic mass is 35.5. The van der Waals surface area contributed by atoms with Gasteiger partial charge in [0.05, 0.1) is 17.8 Å². The Labute approximate surface area is 109 Å². The quantitative estimate of drug-likeness (QED) is 0.860. The van der Waals surface area contributed by atoms with Crippen molar-refractivity contribution in [1.29, 1.82) is 0 Å². The molecule has 1 N–H and O–H groups in total. The number of rotatable bonds is 3. The summed E-state index contributed by atoms with van der Waals surface area (Å²) in [4.78, 5) is 18.4. The van der Waals surface area contributed by atoms with Crippen LogP contribution in [0, 0.1) is 17.7 Å². The Morgan fingerprint density at radius 3 is 3.06 bits per heavy atom. The summed E-state index contributed by atoms with van der Waals surface area (Å²) in [5.41, 5.74) is 0.283. The van der Waals surface area contributed by atoms with E-state index in [2.05, 4.69) is 9.97 Å². The summed E-state index contributed by atoms with van der Waals surface area (Å²) in [6, 6.07) is 0. The second kappa shape index (κ2) is 5.61. The summed E-state index contributed by atoms with van der Waals surface area (Å²) < 4.78 is 13.5. The van der Waals surface area contributed by atoms with Crippen molar-refractivity contribution in [2.75, 3.05) is 0 Å². The molecular weight excluding hydrogens is 259 g/mol. The van der Waals surface area contributed by atoms with Crippen LogP contribution in [0.4, 0.5) is 4.39 Å². The summed E-state index contributed by atoms with van der Waals surface area (Å²) in [5, 5.41) is 9.02. The second-order valence-corrected chi connectivity index (χ2v) is 5.04. The summed E-state index contributed by atoms with van der Waals surface area (Å²) in [5.74, 6) is -1.40. The summed E-state index contributed by atoms with van der Waals surface area (Å²) in [6.45, 7) is 0. The smallest absolute Gasteiger partial charge is 0.306 e. The first-order valence-electron chi connectivity index (χ1n) is 5.96. The third-order valence-electron chi connectivity index (χ3n) is 3.40. The van der Waals surface area contributed by atoms with Crippen molar-refractivity contribution in [1.82, 2.24) is 9.97 Å². The van der Waals surface area contributed by atoms with Crippen LogP contribution in [0.25, 0.3) is 0 Å². The molecule has 0 spiro atoms. The van der Waals surface area contributed by atoms with Crippen molar-refractivity contribution in [3.8, 4) is 0 Å². The van der Waals surface area contributed by atoms with E-state index in [4.69, 9.17) is 16.7 Å². The van der Waals surface area contributed by atoms with Crippen LogP contribution < -0.4 is 0 Å². The fraction of sp³-hybridized carbons (Fsp3) is 0.583. The molecule has 1 saturated carbocycles. The van der Waals surface area contributed by atoms with Gasteiger partial charge in [-0.05, 0) is 36.8 Å². The zero-order valence-corrected chi connectivity index (χ0v) is 10.5. The summed E-state index contributed by atoms with van der Waals surface area (Å²) in [7, 11) is 0. The fourth-order valence-corrected chi connectivity index (χ4v) is 2.65. The minimum absolute atomic E-state index is 0.0250. The molecule has 98 valence electrons. The number of aliphatic carboxylic acids is 1. The zero-order valence-electron chi connectivity index (χ0n) is 9.77. The monoisotopic (exact) mass is 272 g/mol. The highest BCUT2D eigenvalue weighted by Crippen LogP contribution is 2.31. The molecule has 1 aromatic rings. The lowest BCUT2D eigenvalue weighted by Crippen LogP contribution is -2.24. The average Bonchev–Trinajstić information content (AvgIpc) is 2.34. The Morgan fingerprint density at radius 2 is 2.33 bits per heavy atom. The number of carboxylic acids is 1. The number of aromatic nitrogens is 2. The minimum Gasteiger partial charge on any atom is -0.481 e. The van der Waals surface area contributed by atoms with Crippen molar-refractivity contribution in [2.45, 2.75) is 32.1 Å². The van der Waals surface area contributed by atoms with Gasteiger partial charge in [-0.3, -0.25) is 4.79 Å². The number of hydrogen-bond acceptors (Lipinski definition) is 3. The predicted octanol–water partition coefficient (Wildman–Crippen LogP) is 2.70. The molecule has 1 aliphatic carbocycles. The Morgan fingerprint density at radius 1 is 1.56 bits per heavy atom. The molecule has 0 aliphatic heterocycles. The van der Waals surface area contributed by atoms with Crippen molar-refractivity contribution in [3.05, 3.63) is 23.0 Å². The summed E-state index contributed by atoms with van der Waals surface area (Å²) in [6.07, 6.45) is 4.54. The molecule has 6 heteroatoms. The normalized spacial score (nSPS) is 23.9. The van der Waals surface area contributed by atoms with E-state index in [1.807, 2.05) is 0 Å². The number of nitrogens with zero attached hydrogens (tertiary/aromatic N) is 2. The molecule has 18 heavy (non-hydrogen) atoms. The molecule has 2 rings (SSSR count). The van der Waals surface area contributed by atoms with Crippen LogP contribution in [0.5, 0.6) is 0 Å². The van der Waals surface area contributed by atoms with Crippen LogP contribution in [0.2, 0.25) is 5.28 Å². The molecule has 1 aliphatic rings. The molecule has 1 aromatic heterocycles. The number of carbonyl (C=O) groups is 1. The maximum Gasteiger partial charge on any atom is 0.306 e. The Bertz CT molecular complexity index is 456. The zero-order chi connectivity index (χ0) is 13.1. The van der Waals surface area contributed by atoms with E-state index in [0.29, 0.717) is 19.3 Å². The fourth-order valence-electron chi connectivity index (χ4n) is 2.50. The van der Waals surface area contributed by atoms with Crippen molar-refractivity contribution in [3.63, 3.8) is 0 Å². The third-order valence-corrected chi connectivity index (χ3v) is 3.58. The van der Waals surface area contributed by atoms with E-state index in [0.717, 1.165) is 19.0 Å². The van der Waals surface area contributed by atoms with Gasteiger partial charge in [0.2, 0.25) is 5.28 Å². The van der Waals surface area contributed by atoms with Crippen LogP contribution in [0.15, 0.2) is 6.20 Å². The van der Waals surface area contributed by atoms with E-state index in [1.54, 1.807) is 0 Å². The van der Waals surface area contributed by atoms with Crippen LogP contribution in [-0.4, -0.2) is 21.0 Å². The van der Waals surface area contributed by atoms with Gasteiger partial charge in [0.1, 0.15) is 0 Å². The lowest BCUT2D eigenvalue weighted by molar-refractivity contribution is -0.143. The summed E-state index contributed by atoms with van der Waals surface area (Å²) >= 11 is 5.63. The maximum absolute atomic E-state index is 13.5. The lowest BCUT2D eigenvalue weighted by Gasteiger charge is -2.26. The Hall–Kier alpha value is -1.23. The highest BCUT2D eigenvalue weighted by molar-refractivity contribution is 6.28. The van der Waals surface area contributed by atoms with Gasteiger partial charge in [-0.1, -0.05) is 12.8 Å². The van der Waals surface area contributed by atoms with Gasteiger partial charge in [0.15, 0.2) is 5.82 Å². The van der Waals surface area contributed by atoms with Crippen LogP contribution >= 0.6 is 11.6 Å². The minimum atomic E-state index is -0.763. The standard InChI is InChI=1S/C12H14ClFN2O2/c13-12-15-6-9(14)10(16-12)5-7-2-1-3-8(4-7)11(17)18/h6-8H,1-5H2,(H,17,18)/t7-,8+/m0/s1. The Kier molecular flexibility index (Phi) is 4.11. The van der Waals surface area contributed by atoms with Crippen molar-refractivity contribution >= 4 is 17.6 Å².